The van der Waals surface area contributed by atoms with Crippen LogP contribution >= 0.6 is 0 Å². The number of ether oxygens (including phenoxy) is 1. The summed E-state index contributed by atoms with van der Waals surface area (Å²) in [6.45, 7) is 1.58. The minimum atomic E-state index is -0.962. The fraction of sp³-hybridized carbons (Fsp3) is 0.333. The van der Waals surface area contributed by atoms with Crippen molar-refractivity contribution < 1.29 is 14.6 Å². The van der Waals surface area contributed by atoms with Gasteiger partial charge in [-0.25, -0.2) is 4.79 Å². The molecule has 0 amide bonds. The van der Waals surface area contributed by atoms with E-state index in [-0.39, 0.29) is 5.56 Å². The van der Waals surface area contributed by atoms with Gasteiger partial charge in [0.05, 0.1) is 7.11 Å². The Morgan fingerprint density at radius 3 is 2.52 bits per heavy atom. The SMILES string of the molecule is COc1ccc(CN(Cc2ccncc2)C2CC2)cc1C(=O)O. The normalized spacial score (nSPS) is 14.0. The molecule has 1 aliphatic carbocycles. The summed E-state index contributed by atoms with van der Waals surface area (Å²) in [5.74, 6) is -0.566. The van der Waals surface area contributed by atoms with E-state index >= 15 is 0 Å². The second-order valence-electron chi connectivity index (χ2n) is 5.83. The highest BCUT2D eigenvalue weighted by Crippen LogP contribution is 2.30. The van der Waals surface area contributed by atoms with Gasteiger partial charge in [-0.05, 0) is 48.2 Å². The molecule has 1 aromatic heterocycles. The maximum absolute atomic E-state index is 11.4. The average Bonchev–Trinajstić information content (AvgIpc) is 3.40. The topological polar surface area (TPSA) is 62.7 Å². The van der Waals surface area contributed by atoms with E-state index in [2.05, 4.69) is 9.88 Å². The molecule has 0 aliphatic heterocycles. The van der Waals surface area contributed by atoms with E-state index in [9.17, 15) is 9.90 Å². The number of aromatic nitrogens is 1. The third kappa shape index (κ3) is 3.87. The van der Waals surface area contributed by atoms with Gasteiger partial charge in [0.2, 0.25) is 0 Å². The monoisotopic (exact) mass is 312 g/mol. The number of pyridine rings is 1. The van der Waals surface area contributed by atoms with Crippen LogP contribution in [0.5, 0.6) is 5.75 Å². The second-order valence-corrected chi connectivity index (χ2v) is 5.83. The van der Waals surface area contributed by atoms with Crippen LogP contribution < -0.4 is 4.74 Å². The number of rotatable bonds is 7. The number of nitrogens with zero attached hydrogens (tertiary/aromatic N) is 2. The molecule has 1 heterocycles. The number of hydrogen-bond acceptors (Lipinski definition) is 4. The molecular weight excluding hydrogens is 292 g/mol. The van der Waals surface area contributed by atoms with Gasteiger partial charge in [0.15, 0.2) is 0 Å². The van der Waals surface area contributed by atoms with Crippen molar-refractivity contribution in [1.29, 1.82) is 0 Å². The minimum Gasteiger partial charge on any atom is -0.496 e. The highest BCUT2D eigenvalue weighted by Gasteiger charge is 2.29. The summed E-state index contributed by atoms with van der Waals surface area (Å²) in [4.78, 5) is 17.8. The predicted molar refractivity (Wildman–Crippen MR) is 86.5 cm³/mol. The lowest BCUT2D eigenvalue weighted by Crippen LogP contribution is -2.25. The standard InChI is InChI=1S/C18H20N2O3/c1-23-17-5-2-14(10-16(17)18(21)22)12-20(15-3-4-15)11-13-6-8-19-9-7-13/h2,5-10,15H,3-4,11-12H2,1H3,(H,21,22). The molecule has 0 spiro atoms. The Morgan fingerprint density at radius 1 is 1.22 bits per heavy atom. The highest BCUT2D eigenvalue weighted by atomic mass is 16.5. The van der Waals surface area contributed by atoms with Crippen LogP contribution in [0.25, 0.3) is 0 Å². The Hall–Kier alpha value is -2.40. The minimum absolute atomic E-state index is 0.213. The molecule has 1 saturated carbocycles. The van der Waals surface area contributed by atoms with Crippen molar-refractivity contribution >= 4 is 5.97 Å². The van der Waals surface area contributed by atoms with E-state index in [0.717, 1.165) is 18.7 Å². The summed E-state index contributed by atoms with van der Waals surface area (Å²) in [6.07, 6.45) is 6.01. The first-order valence-electron chi connectivity index (χ1n) is 7.70. The zero-order valence-electron chi connectivity index (χ0n) is 13.1. The van der Waals surface area contributed by atoms with E-state index in [1.54, 1.807) is 24.5 Å². The zero-order chi connectivity index (χ0) is 16.2. The highest BCUT2D eigenvalue weighted by molar-refractivity contribution is 5.91. The molecule has 0 unspecified atom stereocenters. The summed E-state index contributed by atoms with van der Waals surface area (Å²) >= 11 is 0. The lowest BCUT2D eigenvalue weighted by Gasteiger charge is -2.22. The molecule has 0 radical (unpaired) electrons. The first-order valence-corrected chi connectivity index (χ1v) is 7.70. The molecule has 5 nitrogen and oxygen atoms in total. The molecule has 2 aromatic rings. The van der Waals surface area contributed by atoms with Crippen LogP contribution in [0.1, 0.15) is 34.3 Å². The van der Waals surface area contributed by atoms with Crippen molar-refractivity contribution in [1.82, 2.24) is 9.88 Å². The fourth-order valence-corrected chi connectivity index (χ4v) is 2.73. The van der Waals surface area contributed by atoms with Gasteiger partial charge in [0.1, 0.15) is 11.3 Å². The van der Waals surface area contributed by atoms with Crippen LogP contribution in [-0.2, 0) is 13.1 Å². The number of methoxy groups -OCH3 is 1. The first kappa shape index (κ1) is 15.5. The van der Waals surface area contributed by atoms with Crippen molar-refractivity contribution in [3.8, 4) is 5.75 Å². The third-order valence-corrected chi connectivity index (χ3v) is 4.08. The van der Waals surface area contributed by atoms with Gasteiger partial charge in [-0.15, -0.1) is 0 Å². The smallest absolute Gasteiger partial charge is 0.339 e. The van der Waals surface area contributed by atoms with Crippen LogP contribution in [0, 0.1) is 0 Å². The molecule has 0 bridgehead atoms. The van der Waals surface area contributed by atoms with Gasteiger partial charge in [-0.1, -0.05) is 6.07 Å². The summed E-state index contributed by atoms with van der Waals surface area (Å²) < 4.78 is 5.12. The Labute approximate surface area is 135 Å². The molecule has 1 N–H and O–H groups in total. The predicted octanol–water partition coefficient (Wildman–Crippen LogP) is 2.95. The van der Waals surface area contributed by atoms with Crippen LogP contribution in [0.15, 0.2) is 42.7 Å². The largest absolute Gasteiger partial charge is 0.496 e. The Kier molecular flexibility index (Phi) is 4.57. The first-order chi connectivity index (χ1) is 11.2. The molecule has 1 aliphatic rings. The van der Waals surface area contributed by atoms with Crippen molar-refractivity contribution in [2.45, 2.75) is 32.0 Å². The summed E-state index contributed by atoms with van der Waals surface area (Å²) in [7, 11) is 1.49. The zero-order valence-corrected chi connectivity index (χ0v) is 13.1. The van der Waals surface area contributed by atoms with Crippen LogP contribution in [-0.4, -0.2) is 34.1 Å². The summed E-state index contributed by atoms with van der Waals surface area (Å²) in [6, 6.07) is 10.0. The number of carboxylic acids is 1. The van der Waals surface area contributed by atoms with E-state index in [4.69, 9.17) is 4.74 Å². The van der Waals surface area contributed by atoms with Gasteiger partial charge in [0, 0.05) is 31.5 Å². The molecule has 0 atom stereocenters. The van der Waals surface area contributed by atoms with Crippen molar-refractivity contribution in [2.24, 2.45) is 0 Å². The van der Waals surface area contributed by atoms with Gasteiger partial charge in [-0.3, -0.25) is 9.88 Å². The number of hydrogen-bond donors (Lipinski definition) is 1. The molecular formula is C18H20N2O3. The Morgan fingerprint density at radius 2 is 1.91 bits per heavy atom. The summed E-state index contributed by atoms with van der Waals surface area (Å²) in [5, 5.41) is 9.31. The van der Waals surface area contributed by atoms with E-state index < -0.39 is 5.97 Å². The van der Waals surface area contributed by atoms with Gasteiger partial charge in [-0.2, -0.15) is 0 Å². The summed E-state index contributed by atoms with van der Waals surface area (Å²) in [5.41, 5.74) is 2.42. The maximum Gasteiger partial charge on any atom is 0.339 e. The van der Waals surface area contributed by atoms with E-state index in [0.29, 0.717) is 11.8 Å². The van der Waals surface area contributed by atoms with Crippen molar-refractivity contribution in [2.75, 3.05) is 7.11 Å². The maximum atomic E-state index is 11.4. The molecule has 1 aromatic carbocycles. The van der Waals surface area contributed by atoms with E-state index in [1.165, 1.54) is 25.5 Å². The molecule has 5 heteroatoms. The van der Waals surface area contributed by atoms with Crippen LogP contribution in [0.4, 0.5) is 0 Å². The van der Waals surface area contributed by atoms with E-state index in [1.807, 2.05) is 18.2 Å². The second kappa shape index (κ2) is 6.79. The number of benzene rings is 1. The lowest BCUT2D eigenvalue weighted by molar-refractivity contribution is 0.0693. The quantitative estimate of drug-likeness (QED) is 0.851. The number of carboxylic acid groups (broad SMARTS) is 1. The molecule has 1 fully saturated rings. The molecule has 3 rings (SSSR count). The Bertz CT molecular complexity index is 684. The molecule has 0 saturated heterocycles. The van der Waals surface area contributed by atoms with Crippen molar-refractivity contribution in [3.63, 3.8) is 0 Å². The van der Waals surface area contributed by atoms with Gasteiger partial charge in [0.25, 0.3) is 0 Å². The molecule has 120 valence electrons. The van der Waals surface area contributed by atoms with Crippen LogP contribution in [0.2, 0.25) is 0 Å². The molecule has 23 heavy (non-hydrogen) atoms. The fourth-order valence-electron chi connectivity index (χ4n) is 2.73. The van der Waals surface area contributed by atoms with Crippen molar-refractivity contribution in [3.05, 3.63) is 59.4 Å². The van der Waals surface area contributed by atoms with Gasteiger partial charge < -0.3 is 9.84 Å². The number of aromatic carboxylic acids is 1. The Balaban J connectivity index is 1.78. The third-order valence-electron chi connectivity index (χ3n) is 4.08. The average molecular weight is 312 g/mol. The number of carbonyl (C=O) groups is 1. The van der Waals surface area contributed by atoms with Gasteiger partial charge >= 0.3 is 5.97 Å². The lowest BCUT2D eigenvalue weighted by atomic mass is 10.1. The van der Waals surface area contributed by atoms with Crippen LogP contribution in [0.3, 0.4) is 0 Å².